The van der Waals surface area contributed by atoms with Gasteiger partial charge in [0, 0.05) is 30.1 Å². The fourth-order valence-electron chi connectivity index (χ4n) is 3.82. The van der Waals surface area contributed by atoms with Gasteiger partial charge in [0.15, 0.2) is 11.5 Å². The summed E-state index contributed by atoms with van der Waals surface area (Å²) in [6.45, 7) is 3.03. The predicted molar refractivity (Wildman–Crippen MR) is 109 cm³/mol. The fourth-order valence-corrected chi connectivity index (χ4v) is 4.72. The molecule has 2 aromatic heterocycles. The molecule has 1 aromatic carbocycles. The van der Waals surface area contributed by atoms with Gasteiger partial charge in [0.05, 0.1) is 11.4 Å². The van der Waals surface area contributed by atoms with Crippen molar-refractivity contribution in [3.63, 3.8) is 0 Å². The fraction of sp³-hybridized carbons (Fsp3) is 0.350. The Morgan fingerprint density at radius 1 is 1.31 bits per heavy atom. The number of ether oxygens (including phenoxy) is 2. The van der Waals surface area contributed by atoms with Crippen molar-refractivity contribution in [2.24, 2.45) is 0 Å². The van der Waals surface area contributed by atoms with Gasteiger partial charge in [-0.25, -0.2) is 0 Å². The predicted octanol–water partition coefficient (Wildman–Crippen LogP) is 2.07. The molecule has 0 spiro atoms. The lowest BCUT2D eigenvalue weighted by atomic mass is 10.1. The third-order valence-electron chi connectivity index (χ3n) is 5.24. The average Bonchev–Trinajstić information content (AvgIpc) is 3.44. The molecule has 150 valence electrons. The summed E-state index contributed by atoms with van der Waals surface area (Å²) < 4.78 is 11.2. The molecule has 0 saturated carbocycles. The number of amides is 1. The van der Waals surface area contributed by atoms with Gasteiger partial charge in [-0.2, -0.15) is 5.10 Å². The van der Waals surface area contributed by atoms with Gasteiger partial charge >= 0.3 is 0 Å². The maximum absolute atomic E-state index is 12.7. The number of hydrogen-bond acceptors (Lipinski definition) is 7. The lowest BCUT2D eigenvalue weighted by Gasteiger charge is -2.18. The molecule has 9 heteroatoms. The maximum atomic E-state index is 12.7. The zero-order chi connectivity index (χ0) is 19.8. The highest BCUT2D eigenvalue weighted by Gasteiger charge is 2.25. The summed E-state index contributed by atoms with van der Waals surface area (Å²) in [4.78, 5) is 26.9. The summed E-state index contributed by atoms with van der Waals surface area (Å²) in [5.41, 5.74) is 1.69. The largest absolute Gasteiger partial charge is 0.486 e. The molecule has 2 N–H and O–H groups in total. The van der Waals surface area contributed by atoms with Gasteiger partial charge in [0.25, 0.3) is 5.91 Å². The highest BCUT2D eigenvalue weighted by Crippen LogP contribution is 2.37. The van der Waals surface area contributed by atoms with Crippen LogP contribution in [-0.2, 0) is 4.79 Å². The number of carbonyl (C=O) groups is 2. The first-order valence-electron chi connectivity index (χ1n) is 9.56. The van der Waals surface area contributed by atoms with E-state index in [4.69, 9.17) is 9.47 Å². The van der Waals surface area contributed by atoms with Crippen LogP contribution in [0, 0.1) is 0 Å². The van der Waals surface area contributed by atoms with Crippen LogP contribution in [0.15, 0.2) is 24.3 Å². The highest BCUT2D eigenvalue weighted by molar-refractivity contribution is 7.20. The molecule has 1 saturated heterocycles. The Balaban J connectivity index is 1.36. The molecule has 3 aromatic rings. The Bertz CT molecular complexity index is 1080. The molecule has 5 rings (SSSR count). The van der Waals surface area contributed by atoms with Gasteiger partial charge in [0.2, 0.25) is 0 Å². The summed E-state index contributed by atoms with van der Waals surface area (Å²) in [5.74, 6) is 1.35. The quantitative estimate of drug-likeness (QED) is 0.623. The molecule has 1 fully saturated rings. The molecule has 2 aliphatic heterocycles. The number of aromatic amines is 1. The summed E-state index contributed by atoms with van der Waals surface area (Å²) in [6.07, 6.45) is 1.76. The van der Waals surface area contributed by atoms with Crippen molar-refractivity contribution in [3.05, 3.63) is 29.1 Å². The van der Waals surface area contributed by atoms with Crippen LogP contribution in [0.1, 0.15) is 16.1 Å². The number of H-pyrrole nitrogens is 1. The Morgan fingerprint density at radius 3 is 3.03 bits per heavy atom. The van der Waals surface area contributed by atoms with Crippen molar-refractivity contribution in [2.75, 3.05) is 32.8 Å². The number of aromatic nitrogens is 2. The van der Waals surface area contributed by atoms with Crippen LogP contribution >= 0.6 is 11.3 Å². The van der Waals surface area contributed by atoms with Crippen molar-refractivity contribution in [2.45, 2.75) is 12.5 Å². The van der Waals surface area contributed by atoms with Gasteiger partial charge in [-0.05, 0) is 30.7 Å². The monoisotopic (exact) mass is 412 g/mol. The summed E-state index contributed by atoms with van der Waals surface area (Å²) in [5, 5.41) is 11.4. The van der Waals surface area contributed by atoms with Crippen LogP contribution in [0.3, 0.4) is 0 Å². The number of carbonyl (C=O) groups excluding carboxylic acids is 2. The zero-order valence-corrected chi connectivity index (χ0v) is 16.5. The second kappa shape index (κ2) is 7.49. The van der Waals surface area contributed by atoms with E-state index in [-0.39, 0.29) is 11.9 Å². The minimum Gasteiger partial charge on any atom is -0.486 e. The lowest BCUT2D eigenvalue weighted by Crippen LogP contribution is -2.37. The van der Waals surface area contributed by atoms with E-state index in [1.165, 1.54) is 11.3 Å². The van der Waals surface area contributed by atoms with Gasteiger partial charge in [-0.3, -0.25) is 14.8 Å². The van der Waals surface area contributed by atoms with Crippen LogP contribution in [0.4, 0.5) is 0 Å². The van der Waals surface area contributed by atoms with Gasteiger partial charge < -0.3 is 19.6 Å². The molecular formula is C20H20N4O4S. The van der Waals surface area contributed by atoms with Crippen molar-refractivity contribution in [3.8, 4) is 22.8 Å². The van der Waals surface area contributed by atoms with Crippen LogP contribution in [0.25, 0.3) is 21.5 Å². The number of benzene rings is 1. The smallest absolute Gasteiger partial charge is 0.261 e. The standard InChI is InChI=1S/C20H20N4O4S/c25-6-5-24-4-3-13(11-24)21-19(26)17-10-14-18(22-23-20(14)29-17)12-1-2-15-16(9-12)28-8-7-27-15/h1-2,6,9-10,13H,3-5,7-8,11H2,(H,21,26)(H,22,23). The maximum Gasteiger partial charge on any atom is 0.261 e. The molecule has 0 bridgehead atoms. The number of aldehydes is 1. The molecule has 0 aliphatic carbocycles. The van der Waals surface area contributed by atoms with Crippen molar-refractivity contribution in [1.82, 2.24) is 20.4 Å². The Labute approximate surface area is 170 Å². The number of nitrogens with one attached hydrogen (secondary N) is 2. The summed E-state index contributed by atoms with van der Waals surface area (Å²) in [7, 11) is 0. The number of fused-ring (bicyclic) bond motifs is 2. The van der Waals surface area contributed by atoms with E-state index in [0.29, 0.717) is 36.9 Å². The SMILES string of the molecule is O=CCN1CCC(NC(=O)c2cc3c(-c4ccc5c(c4)OCCO5)n[nH]c3s2)C1. The Kier molecular flexibility index (Phi) is 4.69. The topological polar surface area (TPSA) is 96.6 Å². The molecular weight excluding hydrogens is 392 g/mol. The third kappa shape index (κ3) is 3.47. The molecule has 29 heavy (non-hydrogen) atoms. The summed E-state index contributed by atoms with van der Waals surface area (Å²) >= 11 is 1.39. The van der Waals surface area contributed by atoms with Gasteiger partial charge in [0.1, 0.15) is 30.0 Å². The van der Waals surface area contributed by atoms with Gasteiger partial charge in [-0.1, -0.05) is 0 Å². The number of thiophene rings is 1. The van der Waals surface area contributed by atoms with E-state index < -0.39 is 0 Å². The first kappa shape index (κ1) is 18.1. The van der Waals surface area contributed by atoms with E-state index in [1.807, 2.05) is 29.2 Å². The first-order valence-corrected chi connectivity index (χ1v) is 10.4. The molecule has 8 nitrogen and oxygen atoms in total. The normalized spacial score (nSPS) is 18.8. The van der Waals surface area contributed by atoms with E-state index >= 15 is 0 Å². The number of likely N-dealkylation sites (tertiary alicyclic amines) is 1. The Hall–Kier alpha value is -2.91. The van der Waals surface area contributed by atoms with Gasteiger partial charge in [-0.15, -0.1) is 11.3 Å². The Morgan fingerprint density at radius 2 is 2.17 bits per heavy atom. The van der Waals surface area contributed by atoms with E-state index in [1.54, 1.807) is 0 Å². The van der Waals surface area contributed by atoms with Crippen molar-refractivity contribution >= 4 is 33.7 Å². The molecule has 2 aliphatic rings. The van der Waals surface area contributed by atoms with E-state index in [9.17, 15) is 9.59 Å². The second-order valence-corrected chi connectivity index (χ2v) is 8.22. The minimum atomic E-state index is -0.0920. The lowest BCUT2D eigenvalue weighted by molar-refractivity contribution is -0.108. The van der Waals surface area contributed by atoms with Crippen LogP contribution < -0.4 is 14.8 Å². The number of nitrogens with zero attached hydrogens (tertiary/aromatic N) is 2. The molecule has 1 unspecified atom stereocenters. The minimum absolute atomic E-state index is 0.0679. The van der Waals surface area contributed by atoms with E-state index in [0.717, 1.165) is 46.5 Å². The van der Waals surface area contributed by atoms with E-state index in [2.05, 4.69) is 15.5 Å². The zero-order valence-electron chi connectivity index (χ0n) is 15.6. The molecule has 1 amide bonds. The number of rotatable bonds is 5. The molecule has 4 heterocycles. The van der Waals surface area contributed by atoms with Crippen molar-refractivity contribution in [1.29, 1.82) is 0 Å². The average molecular weight is 412 g/mol. The highest BCUT2D eigenvalue weighted by atomic mass is 32.1. The first-order chi connectivity index (χ1) is 14.2. The number of hydrogen-bond donors (Lipinski definition) is 2. The van der Waals surface area contributed by atoms with Crippen LogP contribution in [0.2, 0.25) is 0 Å². The summed E-state index contributed by atoms with van der Waals surface area (Å²) in [6, 6.07) is 7.69. The van der Waals surface area contributed by atoms with Crippen LogP contribution in [0.5, 0.6) is 11.5 Å². The van der Waals surface area contributed by atoms with Crippen LogP contribution in [-0.4, -0.2) is 66.2 Å². The second-order valence-electron chi connectivity index (χ2n) is 7.17. The molecule has 1 atom stereocenters. The van der Waals surface area contributed by atoms with Crippen molar-refractivity contribution < 1.29 is 19.1 Å². The molecule has 0 radical (unpaired) electrons. The third-order valence-corrected chi connectivity index (χ3v) is 6.27.